The molecule has 1 N–H and O–H groups in total. The van der Waals surface area contributed by atoms with Crippen LogP contribution < -0.4 is 0 Å². The molecule has 0 amide bonds. The molecule has 0 spiro atoms. The van der Waals surface area contributed by atoms with Crippen molar-refractivity contribution in [2.24, 2.45) is 5.92 Å². The molecule has 1 rings (SSSR count). The second-order valence-electron chi connectivity index (χ2n) is 4.27. The van der Waals surface area contributed by atoms with Gasteiger partial charge in [-0.1, -0.05) is 0 Å². The van der Waals surface area contributed by atoms with Crippen molar-refractivity contribution in [2.75, 3.05) is 13.6 Å². The third-order valence-electron chi connectivity index (χ3n) is 2.62. The Labute approximate surface area is 116 Å². The van der Waals surface area contributed by atoms with Crippen molar-refractivity contribution in [3.8, 4) is 6.07 Å². The molecule has 0 aliphatic rings. The second kappa shape index (κ2) is 5.98. The fraction of sp³-hybridized carbons (Fsp3) is 0.333. The number of sulfonamides is 1. The van der Waals surface area contributed by atoms with Crippen LogP contribution in [0.4, 0.5) is 4.39 Å². The molecule has 0 saturated carbocycles. The number of nitrogens with zero attached hydrogens (tertiary/aromatic N) is 2. The monoisotopic (exact) mass is 300 g/mol. The van der Waals surface area contributed by atoms with Crippen LogP contribution in [0.3, 0.4) is 0 Å². The van der Waals surface area contributed by atoms with Gasteiger partial charge in [0.2, 0.25) is 10.0 Å². The maximum Gasteiger partial charge on any atom is 0.335 e. The highest BCUT2D eigenvalue weighted by atomic mass is 32.2. The number of hydrogen-bond donors (Lipinski definition) is 1. The SMILES string of the molecule is CC(C#N)CN(C)S(=O)(=O)c1cc(C(=O)O)ccc1F. The van der Waals surface area contributed by atoms with E-state index in [4.69, 9.17) is 10.4 Å². The normalized spacial score (nSPS) is 12.9. The van der Waals surface area contributed by atoms with Crippen molar-refractivity contribution in [2.45, 2.75) is 11.8 Å². The molecular weight excluding hydrogens is 287 g/mol. The fourth-order valence-electron chi connectivity index (χ4n) is 1.53. The zero-order chi connectivity index (χ0) is 15.5. The van der Waals surface area contributed by atoms with Crippen molar-refractivity contribution < 1.29 is 22.7 Å². The highest BCUT2D eigenvalue weighted by molar-refractivity contribution is 7.89. The van der Waals surface area contributed by atoms with Crippen LogP contribution in [0.2, 0.25) is 0 Å². The summed E-state index contributed by atoms with van der Waals surface area (Å²) in [6, 6.07) is 4.40. The van der Waals surface area contributed by atoms with Crippen molar-refractivity contribution in [3.05, 3.63) is 29.6 Å². The first-order valence-electron chi connectivity index (χ1n) is 5.59. The topological polar surface area (TPSA) is 98.5 Å². The molecule has 1 aromatic rings. The van der Waals surface area contributed by atoms with E-state index in [0.29, 0.717) is 0 Å². The van der Waals surface area contributed by atoms with Gasteiger partial charge in [0.05, 0.1) is 17.6 Å². The van der Waals surface area contributed by atoms with Gasteiger partial charge in [-0.3, -0.25) is 0 Å². The van der Waals surface area contributed by atoms with Gasteiger partial charge in [0.15, 0.2) is 0 Å². The van der Waals surface area contributed by atoms with Gasteiger partial charge in [0.25, 0.3) is 0 Å². The first kappa shape index (κ1) is 16.1. The highest BCUT2D eigenvalue weighted by Gasteiger charge is 2.26. The van der Waals surface area contributed by atoms with Crippen LogP contribution in [0.5, 0.6) is 0 Å². The molecule has 1 atom stereocenters. The minimum absolute atomic E-state index is 0.116. The van der Waals surface area contributed by atoms with Crippen molar-refractivity contribution >= 4 is 16.0 Å². The largest absolute Gasteiger partial charge is 0.478 e. The standard InChI is InChI=1S/C12H13FN2O4S/c1-8(6-14)7-15(2)20(18,19)11-5-9(12(16)17)3-4-10(11)13/h3-5,8H,7H2,1-2H3,(H,16,17). The van der Waals surface area contributed by atoms with Gasteiger partial charge in [-0.25, -0.2) is 17.6 Å². The molecule has 0 heterocycles. The second-order valence-corrected chi connectivity index (χ2v) is 6.28. The van der Waals surface area contributed by atoms with Crippen molar-refractivity contribution in [1.29, 1.82) is 5.26 Å². The number of aromatic carboxylic acids is 1. The number of carbonyl (C=O) groups is 1. The van der Waals surface area contributed by atoms with E-state index < -0.39 is 32.6 Å². The van der Waals surface area contributed by atoms with E-state index >= 15 is 0 Å². The lowest BCUT2D eigenvalue weighted by atomic mass is 10.2. The number of rotatable bonds is 5. The maximum absolute atomic E-state index is 13.6. The smallest absolute Gasteiger partial charge is 0.335 e. The Morgan fingerprint density at radius 1 is 1.55 bits per heavy atom. The zero-order valence-electron chi connectivity index (χ0n) is 10.9. The highest BCUT2D eigenvalue weighted by Crippen LogP contribution is 2.20. The molecule has 1 unspecified atom stereocenters. The average Bonchev–Trinajstić information content (AvgIpc) is 2.38. The Kier molecular flexibility index (Phi) is 4.81. The summed E-state index contributed by atoms with van der Waals surface area (Å²) in [6.07, 6.45) is 0. The lowest BCUT2D eigenvalue weighted by molar-refractivity contribution is 0.0696. The van der Waals surface area contributed by atoms with Gasteiger partial charge in [0, 0.05) is 13.6 Å². The van der Waals surface area contributed by atoms with Crippen molar-refractivity contribution in [1.82, 2.24) is 4.31 Å². The summed E-state index contributed by atoms with van der Waals surface area (Å²) in [5, 5.41) is 17.5. The van der Waals surface area contributed by atoms with E-state index in [1.807, 2.05) is 6.07 Å². The number of carboxylic acid groups (broad SMARTS) is 1. The molecular formula is C12H13FN2O4S. The number of benzene rings is 1. The molecule has 0 radical (unpaired) electrons. The van der Waals surface area contributed by atoms with E-state index in [2.05, 4.69) is 0 Å². The third kappa shape index (κ3) is 3.31. The summed E-state index contributed by atoms with van der Waals surface area (Å²) in [6.45, 7) is 1.41. The average molecular weight is 300 g/mol. The quantitative estimate of drug-likeness (QED) is 0.883. The van der Waals surface area contributed by atoms with Crippen LogP contribution in [0.25, 0.3) is 0 Å². The van der Waals surface area contributed by atoms with E-state index in [-0.39, 0.29) is 12.1 Å². The van der Waals surface area contributed by atoms with Crippen LogP contribution in [0.15, 0.2) is 23.1 Å². The molecule has 108 valence electrons. The summed E-state index contributed by atoms with van der Waals surface area (Å²) < 4.78 is 38.8. The summed E-state index contributed by atoms with van der Waals surface area (Å²) in [7, 11) is -2.98. The zero-order valence-corrected chi connectivity index (χ0v) is 11.7. The predicted molar refractivity (Wildman–Crippen MR) is 68.0 cm³/mol. The Hall–Kier alpha value is -1.98. The van der Waals surface area contributed by atoms with Gasteiger partial charge in [-0.2, -0.15) is 9.57 Å². The number of halogens is 1. The van der Waals surface area contributed by atoms with Crippen LogP contribution in [-0.2, 0) is 10.0 Å². The van der Waals surface area contributed by atoms with Gasteiger partial charge in [-0.05, 0) is 25.1 Å². The van der Waals surface area contributed by atoms with Crippen LogP contribution in [-0.4, -0.2) is 37.4 Å². The number of nitriles is 1. The molecule has 1 aromatic carbocycles. The Bertz CT molecular complexity index is 667. The first-order valence-corrected chi connectivity index (χ1v) is 7.03. The Morgan fingerprint density at radius 3 is 2.65 bits per heavy atom. The lowest BCUT2D eigenvalue weighted by Crippen LogP contribution is -2.31. The summed E-state index contributed by atoms with van der Waals surface area (Å²) in [4.78, 5) is 10.1. The molecule has 0 bridgehead atoms. The number of hydrogen-bond acceptors (Lipinski definition) is 4. The Balaban J connectivity index is 3.25. The fourth-order valence-corrected chi connectivity index (χ4v) is 2.87. The van der Waals surface area contributed by atoms with E-state index in [9.17, 15) is 17.6 Å². The van der Waals surface area contributed by atoms with Crippen molar-refractivity contribution in [3.63, 3.8) is 0 Å². The summed E-state index contributed by atoms with van der Waals surface area (Å²) in [5.41, 5.74) is -0.327. The molecule has 8 heteroatoms. The van der Waals surface area contributed by atoms with E-state index in [0.717, 1.165) is 22.5 Å². The molecule has 0 aromatic heterocycles. The van der Waals surface area contributed by atoms with Crippen LogP contribution >= 0.6 is 0 Å². The molecule has 0 aliphatic carbocycles. The van der Waals surface area contributed by atoms with E-state index in [1.165, 1.54) is 14.0 Å². The van der Waals surface area contributed by atoms with Gasteiger partial charge in [-0.15, -0.1) is 0 Å². The first-order chi connectivity index (χ1) is 9.20. The lowest BCUT2D eigenvalue weighted by Gasteiger charge is -2.18. The van der Waals surface area contributed by atoms with Gasteiger partial charge >= 0.3 is 5.97 Å². The van der Waals surface area contributed by atoms with E-state index in [1.54, 1.807) is 0 Å². The third-order valence-corrected chi connectivity index (χ3v) is 4.46. The Morgan fingerprint density at radius 2 is 2.15 bits per heavy atom. The molecule has 0 aliphatic heterocycles. The molecule has 0 fully saturated rings. The minimum atomic E-state index is -4.19. The maximum atomic E-state index is 13.6. The summed E-state index contributed by atoms with van der Waals surface area (Å²) in [5.74, 6) is -2.96. The summed E-state index contributed by atoms with van der Waals surface area (Å²) >= 11 is 0. The predicted octanol–water partition coefficient (Wildman–Crippen LogP) is 1.30. The van der Waals surface area contributed by atoms with Crippen LogP contribution in [0.1, 0.15) is 17.3 Å². The van der Waals surface area contributed by atoms with Crippen LogP contribution in [0, 0.1) is 23.1 Å². The van der Waals surface area contributed by atoms with Gasteiger partial charge in [0.1, 0.15) is 10.7 Å². The molecule has 20 heavy (non-hydrogen) atoms. The minimum Gasteiger partial charge on any atom is -0.478 e. The van der Waals surface area contributed by atoms with Gasteiger partial charge < -0.3 is 5.11 Å². The number of carboxylic acids is 1. The molecule has 6 nitrogen and oxygen atoms in total. The molecule has 0 saturated heterocycles.